The Balaban J connectivity index is 2.09. The fourth-order valence-corrected chi connectivity index (χ4v) is 1.97. The highest BCUT2D eigenvalue weighted by Crippen LogP contribution is 2.14. The van der Waals surface area contributed by atoms with Gasteiger partial charge in [-0.2, -0.15) is 0 Å². The SMILES string of the molecule is CC1OCCC1NC(=O)c1cccc(C(=O)O)c1. The van der Waals surface area contributed by atoms with Crippen molar-refractivity contribution in [2.75, 3.05) is 6.61 Å². The van der Waals surface area contributed by atoms with Gasteiger partial charge in [-0.05, 0) is 31.5 Å². The molecule has 1 heterocycles. The van der Waals surface area contributed by atoms with Crippen molar-refractivity contribution >= 4 is 11.9 Å². The second-order valence-corrected chi connectivity index (χ2v) is 4.33. The number of carboxylic acid groups (broad SMARTS) is 1. The van der Waals surface area contributed by atoms with Crippen molar-refractivity contribution in [3.63, 3.8) is 0 Å². The molecular formula is C13H15NO4. The molecule has 1 saturated heterocycles. The standard InChI is InChI=1S/C13H15NO4/c1-8-11(5-6-18-8)14-12(15)9-3-2-4-10(7-9)13(16)17/h2-4,7-8,11H,5-6H2,1H3,(H,14,15)(H,16,17). The summed E-state index contributed by atoms with van der Waals surface area (Å²) in [6.07, 6.45) is 0.780. The summed E-state index contributed by atoms with van der Waals surface area (Å²) in [5, 5.41) is 11.7. The van der Waals surface area contributed by atoms with Crippen molar-refractivity contribution < 1.29 is 19.4 Å². The van der Waals surface area contributed by atoms with E-state index >= 15 is 0 Å². The molecule has 0 bridgehead atoms. The zero-order valence-electron chi connectivity index (χ0n) is 10.1. The number of hydrogen-bond acceptors (Lipinski definition) is 3. The van der Waals surface area contributed by atoms with E-state index in [1.807, 2.05) is 6.92 Å². The summed E-state index contributed by atoms with van der Waals surface area (Å²) >= 11 is 0. The van der Waals surface area contributed by atoms with E-state index in [2.05, 4.69) is 5.32 Å². The van der Waals surface area contributed by atoms with Crippen molar-refractivity contribution in [1.82, 2.24) is 5.32 Å². The van der Waals surface area contributed by atoms with Gasteiger partial charge >= 0.3 is 5.97 Å². The predicted octanol–water partition coefficient (Wildman–Crippen LogP) is 1.29. The molecule has 1 aromatic rings. The zero-order valence-corrected chi connectivity index (χ0v) is 10.1. The molecule has 5 heteroatoms. The van der Waals surface area contributed by atoms with Crippen LogP contribution in [0.1, 0.15) is 34.1 Å². The van der Waals surface area contributed by atoms with Crippen LogP contribution in [-0.2, 0) is 4.74 Å². The number of benzene rings is 1. The van der Waals surface area contributed by atoms with Gasteiger partial charge in [0, 0.05) is 12.2 Å². The lowest BCUT2D eigenvalue weighted by atomic mass is 10.1. The number of amides is 1. The summed E-state index contributed by atoms with van der Waals surface area (Å²) in [7, 11) is 0. The van der Waals surface area contributed by atoms with Crippen LogP contribution in [0.5, 0.6) is 0 Å². The molecule has 0 aliphatic carbocycles. The largest absolute Gasteiger partial charge is 0.478 e. The van der Waals surface area contributed by atoms with Crippen LogP contribution < -0.4 is 5.32 Å². The van der Waals surface area contributed by atoms with E-state index in [1.165, 1.54) is 12.1 Å². The zero-order chi connectivity index (χ0) is 13.1. The van der Waals surface area contributed by atoms with Crippen LogP contribution in [-0.4, -0.2) is 35.7 Å². The molecule has 0 radical (unpaired) electrons. The number of carboxylic acids is 1. The van der Waals surface area contributed by atoms with Crippen LogP contribution in [0.2, 0.25) is 0 Å². The molecule has 1 fully saturated rings. The quantitative estimate of drug-likeness (QED) is 0.846. The summed E-state index contributed by atoms with van der Waals surface area (Å²) < 4.78 is 5.36. The summed E-state index contributed by atoms with van der Waals surface area (Å²) in [5.41, 5.74) is 0.465. The van der Waals surface area contributed by atoms with Crippen molar-refractivity contribution in [3.05, 3.63) is 35.4 Å². The molecule has 0 spiro atoms. The van der Waals surface area contributed by atoms with Crippen molar-refractivity contribution in [2.24, 2.45) is 0 Å². The van der Waals surface area contributed by atoms with Crippen molar-refractivity contribution in [3.8, 4) is 0 Å². The molecule has 5 nitrogen and oxygen atoms in total. The van der Waals surface area contributed by atoms with Crippen molar-refractivity contribution in [1.29, 1.82) is 0 Å². The minimum Gasteiger partial charge on any atom is -0.478 e. The lowest BCUT2D eigenvalue weighted by Crippen LogP contribution is -2.39. The number of carbonyl (C=O) groups is 2. The first-order valence-electron chi connectivity index (χ1n) is 5.84. The van der Waals surface area contributed by atoms with Crippen LogP contribution in [0.4, 0.5) is 0 Å². The molecule has 1 aliphatic heterocycles. The smallest absolute Gasteiger partial charge is 0.335 e. The summed E-state index contributed by atoms with van der Waals surface area (Å²) in [4.78, 5) is 22.8. The van der Waals surface area contributed by atoms with Crippen LogP contribution in [0, 0.1) is 0 Å². The van der Waals surface area contributed by atoms with Gasteiger partial charge in [0.15, 0.2) is 0 Å². The molecule has 1 aliphatic rings. The maximum Gasteiger partial charge on any atom is 0.335 e. The third kappa shape index (κ3) is 2.68. The highest BCUT2D eigenvalue weighted by molar-refractivity contribution is 5.97. The first-order valence-corrected chi connectivity index (χ1v) is 5.84. The lowest BCUT2D eigenvalue weighted by Gasteiger charge is -2.16. The maximum atomic E-state index is 12.0. The third-order valence-corrected chi connectivity index (χ3v) is 3.06. The monoisotopic (exact) mass is 249 g/mol. The number of aromatic carboxylic acids is 1. The number of nitrogens with one attached hydrogen (secondary N) is 1. The van der Waals surface area contributed by atoms with Crippen LogP contribution >= 0.6 is 0 Å². The van der Waals surface area contributed by atoms with Gasteiger partial charge in [0.1, 0.15) is 0 Å². The van der Waals surface area contributed by atoms with Gasteiger partial charge < -0.3 is 15.2 Å². The van der Waals surface area contributed by atoms with Gasteiger partial charge in [0.25, 0.3) is 5.91 Å². The van der Waals surface area contributed by atoms with Gasteiger partial charge in [0.05, 0.1) is 17.7 Å². The van der Waals surface area contributed by atoms with E-state index < -0.39 is 5.97 Å². The molecule has 2 atom stereocenters. The molecule has 2 unspecified atom stereocenters. The van der Waals surface area contributed by atoms with E-state index in [1.54, 1.807) is 12.1 Å². The summed E-state index contributed by atoms with van der Waals surface area (Å²) in [6, 6.07) is 5.99. The van der Waals surface area contributed by atoms with Gasteiger partial charge in [-0.25, -0.2) is 4.79 Å². The van der Waals surface area contributed by atoms with Crippen molar-refractivity contribution in [2.45, 2.75) is 25.5 Å². The Morgan fingerprint density at radius 1 is 1.39 bits per heavy atom. The molecule has 18 heavy (non-hydrogen) atoms. The summed E-state index contributed by atoms with van der Waals surface area (Å²) in [5.74, 6) is -1.30. The second kappa shape index (κ2) is 5.18. The Labute approximate surface area is 105 Å². The number of hydrogen-bond donors (Lipinski definition) is 2. The molecule has 1 aromatic carbocycles. The molecule has 1 amide bonds. The van der Waals surface area contributed by atoms with Gasteiger partial charge in [0.2, 0.25) is 0 Å². The van der Waals surface area contributed by atoms with E-state index in [4.69, 9.17) is 9.84 Å². The van der Waals surface area contributed by atoms with Crippen LogP contribution in [0.15, 0.2) is 24.3 Å². The van der Waals surface area contributed by atoms with E-state index in [0.29, 0.717) is 12.2 Å². The molecule has 0 saturated carbocycles. The van der Waals surface area contributed by atoms with Crippen LogP contribution in [0.3, 0.4) is 0 Å². The second-order valence-electron chi connectivity index (χ2n) is 4.33. The van der Waals surface area contributed by atoms with E-state index in [0.717, 1.165) is 6.42 Å². The van der Waals surface area contributed by atoms with Gasteiger partial charge in [-0.15, -0.1) is 0 Å². The molecular weight excluding hydrogens is 234 g/mol. The van der Waals surface area contributed by atoms with E-state index in [9.17, 15) is 9.59 Å². The minimum atomic E-state index is -1.04. The Morgan fingerprint density at radius 3 is 2.72 bits per heavy atom. The molecule has 96 valence electrons. The number of carbonyl (C=O) groups excluding carboxylic acids is 1. The third-order valence-electron chi connectivity index (χ3n) is 3.06. The van der Waals surface area contributed by atoms with Gasteiger partial charge in [-0.3, -0.25) is 4.79 Å². The Kier molecular flexibility index (Phi) is 3.62. The Hall–Kier alpha value is -1.88. The topological polar surface area (TPSA) is 75.6 Å². The van der Waals surface area contributed by atoms with Gasteiger partial charge in [-0.1, -0.05) is 6.07 Å². The summed E-state index contributed by atoms with van der Waals surface area (Å²) in [6.45, 7) is 2.55. The highest BCUT2D eigenvalue weighted by atomic mass is 16.5. The first-order chi connectivity index (χ1) is 8.58. The molecule has 2 rings (SSSR count). The Bertz CT molecular complexity index is 472. The normalized spacial score (nSPS) is 22.7. The molecule has 2 N–H and O–H groups in total. The fourth-order valence-electron chi connectivity index (χ4n) is 1.97. The highest BCUT2D eigenvalue weighted by Gasteiger charge is 2.26. The first kappa shape index (κ1) is 12.6. The van der Waals surface area contributed by atoms with E-state index in [-0.39, 0.29) is 23.6 Å². The number of ether oxygens (including phenoxy) is 1. The lowest BCUT2D eigenvalue weighted by molar-refractivity contribution is 0.0697. The number of rotatable bonds is 3. The average Bonchev–Trinajstić information content (AvgIpc) is 2.75. The molecule has 0 aromatic heterocycles. The van der Waals surface area contributed by atoms with Crippen LogP contribution in [0.25, 0.3) is 0 Å². The average molecular weight is 249 g/mol. The predicted molar refractivity (Wildman–Crippen MR) is 64.7 cm³/mol. The minimum absolute atomic E-state index is 0.00314. The Morgan fingerprint density at radius 2 is 2.11 bits per heavy atom. The maximum absolute atomic E-state index is 12.0. The fraction of sp³-hybridized carbons (Fsp3) is 0.385.